The summed E-state index contributed by atoms with van der Waals surface area (Å²) in [6.07, 6.45) is 4.27. The van der Waals surface area contributed by atoms with Crippen molar-refractivity contribution in [2.24, 2.45) is 0 Å². The molecule has 158 valence electrons. The lowest BCUT2D eigenvalue weighted by molar-refractivity contribution is 0.0995. The van der Waals surface area contributed by atoms with Crippen LogP contribution in [0.5, 0.6) is 0 Å². The van der Waals surface area contributed by atoms with E-state index >= 15 is 0 Å². The van der Waals surface area contributed by atoms with Crippen LogP contribution in [0, 0.1) is 6.92 Å². The highest BCUT2D eigenvalue weighted by molar-refractivity contribution is 8.00. The predicted octanol–water partition coefficient (Wildman–Crippen LogP) is 4.41. The van der Waals surface area contributed by atoms with Crippen molar-refractivity contribution in [3.8, 4) is 0 Å². The van der Waals surface area contributed by atoms with Gasteiger partial charge in [0.05, 0.1) is 10.3 Å². The first-order valence-corrected chi connectivity index (χ1v) is 12.4. The quantitative estimate of drug-likeness (QED) is 0.451. The Kier molecular flexibility index (Phi) is 5.99. The molecule has 30 heavy (non-hydrogen) atoms. The second-order valence-corrected chi connectivity index (χ2v) is 10.9. The molecular formula is C22H25N3O3S2. The number of benzene rings is 1. The molecule has 1 aliphatic heterocycles. The first kappa shape index (κ1) is 21.1. The number of H-pyrrole nitrogens is 1. The third-order valence-corrected chi connectivity index (χ3v) is 8.40. The molecule has 1 atom stereocenters. The largest absolute Gasteiger partial charge is 0.358 e. The average molecular weight is 444 g/mol. The highest BCUT2D eigenvalue weighted by Gasteiger charge is 2.27. The topological polar surface area (TPSA) is 83.1 Å². The maximum atomic E-state index is 13.1. The fourth-order valence-corrected chi connectivity index (χ4v) is 6.19. The van der Waals surface area contributed by atoms with Crippen molar-refractivity contribution < 1.29 is 13.2 Å². The molecule has 1 unspecified atom stereocenters. The minimum atomic E-state index is -3.50. The van der Waals surface area contributed by atoms with Gasteiger partial charge in [0.2, 0.25) is 10.0 Å². The van der Waals surface area contributed by atoms with Gasteiger partial charge in [0.25, 0.3) is 0 Å². The molecular weight excluding hydrogens is 418 g/mol. The average Bonchev–Trinajstić information content (AvgIpc) is 3.09. The van der Waals surface area contributed by atoms with Gasteiger partial charge in [-0.05, 0) is 44.9 Å². The van der Waals surface area contributed by atoms with Crippen LogP contribution in [0.1, 0.15) is 42.2 Å². The van der Waals surface area contributed by atoms with E-state index in [4.69, 9.17) is 0 Å². The lowest BCUT2D eigenvalue weighted by Crippen LogP contribution is -2.35. The Bertz CT molecular complexity index is 1160. The summed E-state index contributed by atoms with van der Waals surface area (Å²) in [7, 11) is -3.50. The summed E-state index contributed by atoms with van der Waals surface area (Å²) in [4.78, 5) is 20.9. The number of rotatable bonds is 6. The van der Waals surface area contributed by atoms with Crippen molar-refractivity contribution >= 4 is 38.5 Å². The Morgan fingerprint density at radius 2 is 1.87 bits per heavy atom. The fraction of sp³-hybridized carbons (Fsp3) is 0.364. The van der Waals surface area contributed by atoms with Gasteiger partial charge in [0.15, 0.2) is 5.78 Å². The number of para-hydroxylation sites is 1. The molecule has 0 saturated carbocycles. The number of aryl methyl sites for hydroxylation is 1. The Hall–Kier alpha value is -2.16. The molecule has 0 spiro atoms. The smallest absolute Gasteiger partial charge is 0.244 e. The van der Waals surface area contributed by atoms with Crippen molar-refractivity contribution in [2.45, 2.75) is 48.3 Å². The minimum absolute atomic E-state index is 0.0294. The predicted molar refractivity (Wildman–Crippen MR) is 120 cm³/mol. The van der Waals surface area contributed by atoms with Gasteiger partial charge in [-0.15, -0.1) is 0 Å². The molecule has 1 aliphatic rings. The van der Waals surface area contributed by atoms with Gasteiger partial charge in [-0.25, -0.2) is 13.4 Å². The van der Waals surface area contributed by atoms with Crippen molar-refractivity contribution in [3.05, 3.63) is 53.9 Å². The maximum absolute atomic E-state index is 13.1. The number of nitrogens with one attached hydrogen (secondary N) is 1. The van der Waals surface area contributed by atoms with E-state index < -0.39 is 10.0 Å². The molecule has 1 N–H and O–H groups in total. The lowest BCUT2D eigenvalue weighted by atomic mass is 10.1. The van der Waals surface area contributed by atoms with Crippen LogP contribution in [0.3, 0.4) is 0 Å². The molecule has 2 aromatic heterocycles. The first-order valence-electron chi connectivity index (χ1n) is 10.1. The number of aromatic amines is 1. The summed E-state index contributed by atoms with van der Waals surface area (Å²) >= 11 is 1.34. The van der Waals surface area contributed by atoms with Gasteiger partial charge < -0.3 is 4.98 Å². The van der Waals surface area contributed by atoms with Crippen LogP contribution < -0.4 is 0 Å². The van der Waals surface area contributed by atoms with E-state index in [1.807, 2.05) is 38.1 Å². The third kappa shape index (κ3) is 4.04. The first-order chi connectivity index (χ1) is 14.4. The SMILES string of the molecule is Cc1[nH]c2ccccc2c1C(=O)C(C)Sc1ccc(S(=O)(=O)N2CCCCC2)cn1. The highest BCUT2D eigenvalue weighted by Crippen LogP contribution is 2.30. The van der Waals surface area contributed by atoms with E-state index in [2.05, 4.69) is 9.97 Å². The number of fused-ring (bicyclic) bond motifs is 1. The monoisotopic (exact) mass is 443 g/mol. The van der Waals surface area contributed by atoms with Crippen LogP contribution in [-0.2, 0) is 10.0 Å². The number of thioether (sulfide) groups is 1. The molecule has 4 rings (SSSR count). The van der Waals surface area contributed by atoms with Crippen molar-refractivity contribution in [1.29, 1.82) is 0 Å². The lowest BCUT2D eigenvalue weighted by Gasteiger charge is -2.25. The molecule has 1 saturated heterocycles. The van der Waals surface area contributed by atoms with Crippen molar-refractivity contribution in [2.75, 3.05) is 13.1 Å². The Morgan fingerprint density at radius 1 is 1.13 bits per heavy atom. The van der Waals surface area contributed by atoms with Gasteiger partial charge in [-0.1, -0.05) is 36.4 Å². The second kappa shape index (κ2) is 8.53. The number of hydrogen-bond donors (Lipinski definition) is 1. The van der Waals surface area contributed by atoms with Crippen LogP contribution in [-0.4, -0.2) is 46.8 Å². The van der Waals surface area contributed by atoms with Crippen LogP contribution in [0.4, 0.5) is 0 Å². The van der Waals surface area contributed by atoms with E-state index in [1.165, 1.54) is 22.3 Å². The molecule has 0 bridgehead atoms. The standard InChI is InChI=1S/C22H25N3O3S2/c1-15-21(18-8-4-5-9-19(18)24-15)22(26)16(2)29-20-11-10-17(14-23-20)30(27,28)25-12-6-3-7-13-25/h4-5,8-11,14,16,24H,3,6-7,12-13H2,1-2H3. The zero-order valence-electron chi connectivity index (χ0n) is 17.1. The van der Waals surface area contributed by atoms with Crippen molar-refractivity contribution in [3.63, 3.8) is 0 Å². The van der Waals surface area contributed by atoms with Crippen LogP contribution >= 0.6 is 11.8 Å². The summed E-state index contributed by atoms with van der Waals surface area (Å²) in [5.41, 5.74) is 2.50. The Balaban J connectivity index is 1.50. The third-order valence-electron chi connectivity index (χ3n) is 5.47. The summed E-state index contributed by atoms with van der Waals surface area (Å²) in [5.74, 6) is 0.0294. The number of Topliss-reactive ketones (excluding diaryl/α,β-unsaturated/α-hetero) is 1. The number of piperidine rings is 1. The van der Waals surface area contributed by atoms with E-state index in [9.17, 15) is 13.2 Å². The molecule has 0 amide bonds. The van der Waals surface area contributed by atoms with Crippen LogP contribution in [0.15, 0.2) is 52.5 Å². The summed E-state index contributed by atoms with van der Waals surface area (Å²) < 4.78 is 27.1. The molecule has 3 heterocycles. The molecule has 0 radical (unpaired) electrons. The number of carbonyl (C=O) groups excluding carboxylic acids is 1. The maximum Gasteiger partial charge on any atom is 0.244 e. The number of aromatic nitrogens is 2. The number of ketones is 1. The zero-order valence-corrected chi connectivity index (χ0v) is 18.7. The van der Waals surface area contributed by atoms with Gasteiger partial charge in [0, 0.05) is 41.4 Å². The number of carbonyl (C=O) groups is 1. The number of hydrogen-bond acceptors (Lipinski definition) is 5. The highest BCUT2D eigenvalue weighted by atomic mass is 32.2. The summed E-state index contributed by atoms with van der Waals surface area (Å²) in [6.45, 7) is 4.89. The number of sulfonamides is 1. The molecule has 6 nitrogen and oxygen atoms in total. The molecule has 1 aromatic carbocycles. The van der Waals surface area contributed by atoms with Crippen LogP contribution in [0.25, 0.3) is 10.9 Å². The van der Waals surface area contributed by atoms with E-state index in [-0.39, 0.29) is 15.9 Å². The summed E-state index contributed by atoms with van der Waals surface area (Å²) in [5, 5.41) is 1.20. The molecule has 8 heteroatoms. The van der Waals surface area contributed by atoms with Gasteiger partial charge >= 0.3 is 0 Å². The Labute approximate surface area is 181 Å². The van der Waals surface area contributed by atoms with Crippen molar-refractivity contribution in [1.82, 2.24) is 14.3 Å². The van der Waals surface area contributed by atoms with Crippen LogP contribution in [0.2, 0.25) is 0 Å². The normalized spacial score (nSPS) is 16.6. The zero-order chi connectivity index (χ0) is 21.3. The van der Waals surface area contributed by atoms with Gasteiger partial charge in [0.1, 0.15) is 4.90 Å². The minimum Gasteiger partial charge on any atom is -0.358 e. The van der Waals surface area contributed by atoms with E-state index in [0.717, 1.165) is 35.9 Å². The van der Waals surface area contributed by atoms with E-state index in [0.29, 0.717) is 23.7 Å². The molecule has 1 fully saturated rings. The number of pyridine rings is 1. The summed E-state index contributed by atoms with van der Waals surface area (Å²) in [6, 6.07) is 11.0. The van der Waals surface area contributed by atoms with E-state index in [1.54, 1.807) is 12.1 Å². The molecule has 3 aromatic rings. The second-order valence-electron chi connectivity index (χ2n) is 7.59. The number of nitrogens with zero attached hydrogens (tertiary/aromatic N) is 2. The fourth-order valence-electron chi connectivity index (χ4n) is 3.88. The van der Waals surface area contributed by atoms with Gasteiger partial charge in [-0.3, -0.25) is 4.79 Å². The Morgan fingerprint density at radius 3 is 2.57 bits per heavy atom. The molecule has 0 aliphatic carbocycles. The van der Waals surface area contributed by atoms with Gasteiger partial charge in [-0.2, -0.15) is 4.31 Å².